The molecule has 0 spiro atoms. The molecule has 8 heteroatoms. The first-order valence-corrected chi connectivity index (χ1v) is 12.8. The van der Waals surface area contributed by atoms with Crippen LogP contribution in [0.5, 0.6) is 0 Å². The summed E-state index contributed by atoms with van der Waals surface area (Å²) in [5.74, 6) is -0.0838. The SMILES string of the molecule is CC(C)(C)OC(=O)N1CCC[C@H]1C(=O)NCCCNC1CCCc2c1[nH]c1ccc(Br)cc21. The Morgan fingerprint density at radius 2 is 2.03 bits per heavy atom. The molecule has 2 aromatic rings. The van der Waals surface area contributed by atoms with Crippen LogP contribution in [-0.4, -0.2) is 53.2 Å². The Morgan fingerprint density at radius 3 is 2.82 bits per heavy atom. The molecule has 3 N–H and O–H groups in total. The van der Waals surface area contributed by atoms with Crippen LogP contribution >= 0.6 is 15.9 Å². The number of aromatic nitrogens is 1. The van der Waals surface area contributed by atoms with Crippen LogP contribution in [0.15, 0.2) is 22.7 Å². The number of nitrogens with one attached hydrogen (secondary N) is 3. The standard InChI is InChI=1S/C25H35BrN4O3/c1-25(2,3)33-24(32)30-14-5-9-21(30)23(31)28-13-6-12-27-20-8-4-7-17-18-15-16(26)10-11-19(18)29-22(17)20/h10-11,15,20-21,27,29H,4-9,12-14H2,1-3H3,(H,28,31)/t20?,21-/m0/s1. The Morgan fingerprint density at radius 1 is 1.21 bits per heavy atom. The monoisotopic (exact) mass is 518 g/mol. The fourth-order valence-electron chi connectivity index (χ4n) is 4.91. The van der Waals surface area contributed by atoms with Crippen molar-refractivity contribution in [2.24, 2.45) is 0 Å². The minimum Gasteiger partial charge on any atom is -0.444 e. The van der Waals surface area contributed by atoms with E-state index in [1.807, 2.05) is 20.8 Å². The molecular formula is C25H35BrN4O3. The quantitative estimate of drug-likeness (QED) is 0.479. The maximum Gasteiger partial charge on any atom is 0.410 e. The van der Waals surface area contributed by atoms with E-state index in [0.717, 1.165) is 36.7 Å². The van der Waals surface area contributed by atoms with Crippen molar-refractivity contribution in [2.45, 2.75) is 77.0 Å². The lowest BCUT2D eigenvalue weighted by Crippen LogP contribution is -2.47. The number of nitrogens with zero attached hydrogens (tertiary/aromatic N) is 1. The highest BCUT2D eigenvalue weighted by molar-refractivity contribution is 9.10. The predicted molar refractivity (Wildman–Crippen MR) is 133 cm³/mol. The molecule has 1 fully saturated rings. The van der Waals surface area contributed by atoms with Gasteiger partial charge in [-0.05, 0) is 89.6 Å². The molecule has 1 unspecified atom stereocenters. The van der Waals surface area contributed by atoms with Crippen LogP contribution in [-0.2, 0) is 16.0 Å². The smallest absolute Gasteiger partial charge is 0.410 e. The molecule has 33 heavy (non-hydrogen) atoms. The molecule has 2 atom stereocenters. The average molecular weight is 519 g/mol. The normalized spacial score (nSPS) is 20.7. The fourth-order valence-corrected chi connectivity index (χ4v) is 5.27. The third kappa shape index (κ3) is 5.72. The maximum atomic E-state index is 12.7. The van der Waals surface area contributed by atoms with E-state index in [4.69, 9.17) is 4.74 Å². The van der Waals surface area contributed by atoms with E-state index in [1.54, 1.807) is 4.90 Å². The van der Waals surface area contributed by atoms with Crippen molar-refractivity contribution in [3.05, 3.63) is 33.9 Å². The molecule has 7 nitrogen and oxygen atoms in total. The third-order valence-electron chi connectivity index (χ3n) is 6.40. The number of benzene rings is 1. The van der Waals surface area contributed by atoms with Crippen molar-refractivity contribution in [1.29, 1.82) is 0 Å². The van der Waals surface area contributed by atoms with Gasteiger partial charge in [0.05, 0.1) is 0 Å². The molecule has 2 heterocycles. The van der Waals surface area contributed by atoms with Gasteiger partial charge in [0, 0.05) is 40.2 Å². The Bertz CT molecular complexity index is 1010. The highest BCUT2D eigenvalue weighted by Crippen LogP contribution is 2.35. The summed E-state index contributed by atoms with van der Waals surface area (Å²) in [5, 5.41) is 8.00. The summed E-state index contributed by atoms with van der Waals surface area (Å²) in [6.07, 6.45) is 5.33. The lowest BCUT2D eigenvalue weighted by Gasteiger charge is -2.28. The Hall–Kier alpha value is -2.06. The number of aryl methyl sites for hydroxylation is 1. The minimum atomic E-state index is -0.563. The Balaban J connectivity index is 1.25. The number of halogens is 1. The van der Waals surface area contributed by atoms with Crippen LogP contribution in [0, 0.1) is 0 Å². The molecule has 2 aliphatic rings. The number of ether oxygens (including phenoxy) is 1. The maximum absolute atomic E-state index is 12.7. The first kappa shape index (κ1) is 24.1. The summed E-state index contributed by atoms with van der Waals surface area (Å²) < 4.78 is 6.57. The lowest BCUT2D eigenvalue weighted by molar-refractivity contribution is -0.125. The number of rotatable bonds is 6. The van der Waals surface area contributed by atoms with E-state index < -0.39 is 17.7 Å². The lowest BCUT2D eigenvalue weighted by atomic mass is 9.91. The first-order valence-electron chi connectivity index (χ1n) is 12.0. The first-order chi connectivity index (χ1) is 15.7. The Labute approximate surface area is 204 Å². The summed E-state index contributed by atoms with van der Waals surface area (Å²) in [7, 11) is 0. The Kier molecular flexibility index (Phi) is 7.34. The van der Waals surface area contributed by atoms with Crippen molar-refractivity contribution in [3.63, 3.8) is 0 Å². The van der Waals surface area contributed by atoms with Gasteiger partial charge in [0.15, 0.2) is 0 Å². The number of hydrogen-bond acceptors (Lipinski definition) is 4. The molecule has 0 bridgehead atoms. The largest absolute Gasteiger partial charge is 0.444 e. The fraction of sp³-hybridized carbons (Fsp3) is 0.600. The van der Waals surface area contributed by atoms with Crippen LogP contribution in [0.2, 0.25) is 0 Å². The average Bonchev–Trinajstić information content (AvgIpc) is 3.37. The van der Waals surface area contributed by atoms with Gasteiger partial charge < -0.3 is 20.4 Å². The second-order valence-corrected chi connectivity index (χ2v) is 11.0. The predicted octanol–water partition coefficient (Wildman–Crippen LogP) is 4.80. The van der Waals surface area contributed by atoms with Crippen molar-refractivity contribution in [1.82, 2.24) is 20.5 Å². The van der Waals surface area contributed by atoms with Crippen molar-refractivity contribution in [3.8, 4) is 0 Å². The molecule has 1 aromatic heterocycles. The van der Waals surface area contributed by atoms with Gasteiger partial charge in [-0.3, -0.25) is 9.69 Å². The highest BCUT2D eigenvalue weighted by Gasteiger charge is 2.36. The molecule has 1 aliphatic carbocycles. The summed E-state index contributed by atoms with van der Waals surface area (Å²) in [5.41, 5.74) is 3.35. The number of carbonyl (C=O) groups is 2. The van der Waals surface area contributed by atoms with Gasteiger partial charge >= 0.3 is 6.09 Å². The number of likely N-dealkylation sites (tertiary alicyclic amines) is 1. The van der Waals surface area contributed by atoms with Gasteiger partial charge in [-0.15, -0.1) is 0 Å². The molecule has 0 saturated carbocycles. The van der Waals surface area contributed by atoms with Gasteiger partial charge in [0.25, 0.3) is 0 Å². The van der Waals surface area contributed by atoms with Crippen LogP contribution in [0.4, 0.5) is 4.79 Å². The molecule has 1 aromatic carbocycles. The van der Waals surface area contributed by atoms with E-state index in [-0.39, 0.29) is 5.91 Å². The number of hydrogen-bond donors (Lipinski definition) is 3. The zero-order chi connectivity index (χ0) is 23.6. The van der Waals surface area contributed by atoms with Gasteiger partial charge in [-0.2, -0.15) is 0 Å². The number of aromatic amines is 1. The van der Waals surface area contributed by atoms with Crippen LogP contribution in [0.1, 0.15) is 70.2 Å². The zero-order valence-corrected chi connectivity index (χ0v) is 21.4. The van der Waals surface area contributed by atoms with E-state index >= 15 is 0 Å². The van der Waals surface area contributed by atoms with E-state index in [9.17, 15) is 9.59 Å². The molecular weight excluding hydrogens is 484 g/mol. The molecule has 180 valence electrons. The minimum absolute atomic E-state index is 0.0838. The summed E-state index contributed by atoms with van der Waals surface area (Å²) in [4.78, 5) is 30.3. The second-order valence-electron chi connectivity index (χ2n) is 10.1. The van der Waals surface area contributed by atoms with Gasteiger partial charge in [0.2, 0.25) is 5.91 Å². The van der Waals surface area contributed by atoms with Gasteiger partial charge in [-0.25, -0.2) is 4.79 Å². The molecule has 2 amide bonds. The van der Waals surface area contributed by atoms with Crippen molar-refractivity contribution in [2.75, 3.05) is 19.6 Å². The van der Waals surface area contributed by atoms with Crippen molar-refractivity contribution < 1.29 is 14.3 Å². The van der Waals surface area contributed by atoms with Crippen LogP contribution < -0.4 is 10.6 Å². The van der Waals surface area contributed by atoms with E-state index in [2.05, 4.69) is 49.7 Å². The number of amides is 2. The number of fused-ring (bicyclic) bond motifs is 3. The summed E-state index contributed by atoms with van der Waals surface area (Å²) >= 11 is 3.59. The third-order valence-corrected chi connectivity index (χ3v) is 6.89. The number of H-pyrrole nitrogens is 1. The molecule has 0 radical (unpaired) electrons. The number of carbonyl (C=O) groups excluding carboxylic acids is 2. The summed E-state index contributed by atoms with van der Waals surface area (Å²) in [6.45, 7) is 7.50. The second kappa shape index (κ2) is 10.1. The van der Waals surface area contributed by atoms with Crippen LogP contribution in [0.3, 0.4) is 0 Å². The van der Waals surface area contributed by atoms with Crippen LogP contribution in [0.25, 0.3) is 10.9 Å². The molecule has 4 rings (SSSR count). The summed E-state index contributed by atoms with van der Waals surface area (Å²) in [6, 6.07) is 6.29. The van der Waals surface area contributed by atoms with Gasteiger partial charge in [-0.1, -0.05) is 15.9 Å². The topological polar surface area (TPSA) is 86.5 Å². The van der Waals surface area contributed by atoms with E-state index in [1.165, 1.54) is 28.6 Å². The molecule has 1 saturated heterocycles. The zero-order valence-electron chi connectivity index (χ0n) is 19.8. The van der Waals surface area contributed by atoms with Crippen molar-refractivity contribution >= 4 is 38.8 Å². The van der Waals surface area contributed by atoms with E-state index in [0.29, 0.717) is 25.6 Å². The highest BCUT2D eigenvalue weighted by atomic mass is 79.9. The molecule has 1 aliphatic heterocycles. The van der Waals surface area contributed by atoms with Gasteiger partial charge in [0.1, 0.15) is 11.6 Å².